The van der Waals surface area contributed by atoms with Crippen molar-refractivity contribution in [1.29, 1.82) is 0 Å². The fourth-order valence-electron chi connectivity index (χ4n) is 4.48. The van der Waals surface area contributed by atoms with Crippen molar-refractivity contribution in [2.24, 2.45) is 17.5 Å². The number of halogens is 2. The van der Waals surface area contributed by atoms with Gasteiger partial charge in [-0.2, -0.15) is 5.10 Å². The van der Waals surface area contributed by atoms with Gasteiger partial charge < -0.3 is 15.8 Å². The number of hydrogen-bond acceptors (Lipinski definition) is 8. The van der Waals surface area contributed by atoms with Gasteiger partial charge in [-0.05, 0) is 12.5 Å². The molecule has 12 heteroatoms. The van der Waals surface area contributed by atoms with E-state index in [-0.39, 0.29) is 22.3 Å². The van der Waals surface area contributed by atoms with Crippen molar-refractivity contribution in [3.63, 3.8) is 0 Å². The Bertz CT molecular complexity index is 1320. The van der Waals surface area contributed by atoms with Crippen LogP contribution in [0.15, 0.2) is 36.4 Å². The highest BCUT2D eigenvalue weighted by molar-refractivity contribution is 6.33. The number of ether oxygens (including phenoxy) is 1. The van der Waals surface area contributed by atoms with Gasteiger partial charge in [-0.1, -0.05) is 37.0 Å². The standard InChI is InChI=1S/C22H24Cl2N8O2/c1-22(2)5-13(14-7-27-18-4-17(24)30-32(18)19(14)22)21(33)29-12-3-15(23)20(28-6-12)31(26)8-16(25)11-9-34-10-11/h3-4,6-8,11,13H,5,9-10,25-26H2,1-2H3,(H,29,33)/b16-8-. The molecule has 1 saturated heterocycles. The van der Waals surface area contributed by atoms with Crippen LogP contribution in [0.25, 0.3) is 5.65 Å². The van der Waals surface area contributed by atoms with Gasteiger partial charge in [0.1, 0.15) is 0 Å². The highest BCUT2D eigenvalue weighted by atomic mass is 35.5. The lowest BCUT2D eigenvalue weighted by molar-refractivity contribution is -0.117. The number of pyridine rings is 1. The Hall–Kier alpha value is -2.92. The Morgan fingerprint density at radius 1 is 1.29 bits per heavy atom. The third-order valence-corrected chi connectivity index (χ3v) is 6.72. The molecule has 34 heavy (non-hydrogen) atoms. The van der Waals surface area contributed by atoms with Gasteiger partial charge in [-0.25, -0.2) is 20.3 Å². The van der Waals surface area contributed by atoms with Gasteiger partial charge in [0, 0.05) is 41.1 Å². The highest BCUT2D eigenvalue weighted by Crippen LogP contribution is 2.46. The molecule has 0 bridgehead atoms. The van der Waals surface area contributed by atoms with E-state index in [1.807, 2.05) is 0 Å². The predicted octanol–water partition coefficient (Wildman–Crippen LogP) is 2.96. The number of nitrogens with one attached hydrogen (secondary N) is 1. The third-order valence-electron chi connectivity index (χ3n) is 6.26. The molecule has 0 saturated carbocycles. The Labute approximate surface area is 205 Å². The lowest BCUT2D eigenvalue weighted by Gasteiger charge is -2.27. The molecule has 1 unspecified atom stereocenters. The normalized spacial score (nSPS) is 19.7. The van der Waals surface area contributed by atoms with Gasteiger partial charge in [0.05, 0.1) is 41.7 Å². The summed E-state index contributed by atoms with van der Waals surface area (Å²) in [6, 6.07) is 3.30. The number of hydrogen-bond donors (Lipinski definition) is 3. The zero-order chi connectivity index (χ0) is 24.2. The van der Waals surface area contributed by atoms with Crippen molar-refractivity contribution in [2.45, 2.75) is 31.6 Å². The summed E-state index contributed by atoms with van der Waals surface area (Å²) in [5.74, 6) is 5.92. The van der Waals surface area contributed by atoms with E-state index in [4.69, 9.17) is 39.5 Å². The summed E-state index contributed by atoms with van der Waals surface area (Å²) in [4.78, 5) is 22.0. The van der Waals surface area contributed by atoms with Crippen LogP contribution in [0.5, 0.6) is 0 Å². The second kappa shape index (κ2) is 8.38. The van der Waals surface area contributed by atoms with E-state index in [1.165, 1.54) is 11.2 Å². The van der Waals surface area contributed by atoms with Crippen molar-refractivity contribution < 1.29 is 9.53 Å². The third kappa shape index (κ3) is 3.96. The van der Waals surface area contributed by atoms with Crippen LogP contribution in [0.2, 0.25) is 10.2 Å². The minimum atomic E-state index is -0.415. The molecule has 0 aromatic carbocycles. The van der Waals surface area contributed by atoms with Crippen molar-refractivity contribution in [3.8, 4) is 0 Å². The molecule has 10 nitrogen and oxygen atoms in total. The Morgan fingerprint density at radius 2 is 2.06 bits per heavy atom. The first-order valence-electron chi connectivity index (χ1n) is 10.7. The summed E-state index contributed by atoms with van der Waals surface area (Å²) in [7, 11) is 0. The lowest BCUT2D eigenvalue weighted by atomic mass is 9.88. The number of carbonyl (C=O) groups is 1. The highest BCUT2D eigenvalue weighted by Gasteiger charge is 2.43. The minimum Gasteiger partial charge on any atom is -0.400 e. The minimum absolute atomic E-state index is 0.135. The molecular weight excluding hydrogens is 479 g/mol. The molecule has 178 valence electrons. The predicted molar refractivity (Wildman–Crippen MR) is 130 cm³/mol. The van der Waals surface area contributed by atoms with Crippen LogP contribution in [0.1, 0.15) is 37.4 Å². The fraction of sp³-hybridized carbons (Fsp3) is 0.364. The lowest BCUT2D eigenvalue weighted by Crippen LogP contribution is -2.35. The summed E-state index contributed by atoms with van der Waals surface area (Å²) < 4.78 is 6.87. The maximum Gasteiger partial charge on any atom is 0.232 e. The van der Waals surface area contributed by atoms with Crippen molar-refractivity contribution in [2.75, 3.05) is 23.5 Å². The number of rotatable bonds is 5. The van der Waals surface area contributed by atoms with E-state index in [2.05, 4.69) is 34.2 Å². The van der Waals surface area contributed by atoms with Crippen LogP contribution in [0.4, 0.5) is 11.5 Å². The summed E-state index contributed by atoms with van der Waals surface area (Å²) in [5, 5.41) is 9.17. The Balaban J connectivity index is 1.36. The first-order valence-corrected chi connectivity index (χ1v) is 11.5. The molecule has 2 aliphatic rings. The molecule has 0 radical (unpaired) electrons. The Kier molecular flexibility index (Phi) is 5.64. The molecule has 0 spiro atoms. The number of hydrazine groups is 1. The maximum atomic E-state index is 13.3. The molecule has 1 fully saturated rings. The second-order valence-electron chi connectivity index (χ2n) is 9.23. The summed E-state index contributed by atoms with van der Waals surface area (Å²) in [6.45, 7) is 5.29. The van der Waals surface area contributed by atoms with E-state index in [1.54, 1.807) is 29.0 Å². The van der Waals surface area contributed by atoms with E-state index >= 15 is 0 Å². The van der Waals surface area contributed by atoms with Crippen LogP contribution in [-0.4, -0.2) is 38.7 Å². The zero-order valence-electron chi connectivity index (χ0n) is 18.6. The summed E-state index contributed by atoms with van der Waals surface area (Å²) in [6.07, 6.45) is 5.40. The molecule has 1 atom stereocenters. The number of amides is 1. The molecule has 1 aliphatic heterocycles. The number of carbonyl (C=O) groups excluding carboxylic acids is 1. The van der Waals surface area contributed by atoms with Gasteiger partial charge in [0.15, 0.2) is 16.6 Å². The van der Waals surface area contributed by atoms with Crippen molar-refractivity contribution in [3.05, 3.63) is 57.9 Å². The van der Waals surface area contributed by atoms with Crippen molar-refractivity contribution >= 4 is 46.3 Å². The van der Waals surface area contributed by atoms with Gasteiger partial charge in [0.25, 0.3) is 0 Å². The van der Waals surface area contributed by atoms with Crippen LogP contribution < -0.4 is 21.9 Å². The average molecular weight is 503 g/mol. The van der Waals surface area contributed by atoms with Gasteiger partial charge in [-0.15, -0.1) is 0 Å². The number of anilines is 2. The van der Waals surface area contributed by atoms with Gasteiger partial charge >= 0.3 is 0 Å². The Morgan fingerprint density at radius 3 is 2.74 bits per heavy atom. The molecule has 1 amide bonds. The van der Waals surface area contributed by atoms with Gasteiger partial charge in [0.2, 0.25) is 5.91 Å². The second-order valence-corrected chi connectivity index (χ2v) is 10.0. The van der Waals surface area contributed by atoms with Crippen LogP contribution in [0.3, 0.4) is 0 Å². The number of aromatic nitrogens is 4. The molecule has 3 aromatic heterocycles. The first-order chi connectivity index (χ1) is 16.1. The van der Waals surface area contributed by atoms with Crippen LogP contribution in [0, 0.1) is 5.92 Å². The fourth-order valence-corrected chi connectivity index (χ4v) is 4.91. The molecule has 1 aliphatic carbocycles. The molecule has 4 heterocycles. The molecular formula is C22H24Cl2N8O2. The van der Waals surface area contributed by atoms with Crippen LogP contribution in [-0.2, 0) is 14.9 Å². The van der Waals surface area contributed by atoms with Crippen LogP contribution >= 0.6 is 23.2 Å². The summed E-state index contributed by atoms with van der Waals surface area (Å²) >= 11 is 12.5. The SMILES string of the molecule is CC1(C)CC(C(=O)Nc2cnc(N(N)/C=C(\N)C3COC3)c(Cl)c2)c2cnc3cc(Cl)nn3c21. The van der Waals surface area contributed by atoms with E-state index in [9.17, 15) is 4.79 Å². The van der Waals surface area contributed by atoms with Crippen molar-refractivity contribution in [1.82, 2.24) is 19.6 Å². The topological polar surface area (TPSA) is 137 Å². The quantitative estimate of drug-likeness (QED) is 0.357. The first kappa shape index (κ1) is 22.9. The molecule has 5 N–H and O–H groups in total. The monoisotopic (exact) mass is 502 g/mol. The largest absolute Gasteiger partial charge is 0.400 e. The van der Waals surface area contributed by atoms with Gasteiger partial charge in [-0.3, -0.25) is 9.80 Å². The van der Waals surface area contributed by atoms with E-state index in [0.29, 0.717) is 47.6 Å². The van der Waals surface area contributed by atoms with E-state index < -0.39 is 5.92 Å². The number of nitrogens with zero attached hydrogens (tertiary/aromatic N) is 5. The zero-order valence-corrected chi connectivity index (χ0v) is 20.1. The molecule has 5 rings (SSSR count). The number of fused-ring (bicyclic) bond motifs is 3. The van der Waals surface area contributed by atoms with E-state index in [0.717, 1.165) is 11.3 Å². The maximum absolute atomic E-state index is 13.3. The summed E-state index contributed by atoms with van der Waals surface area (Å²) in [5.41, 5.74) is 9.18. The smallest absolute Gasteiger partial charge is 0.232 e. The molecule has 3 aromatic rings. The number of nitrogens with two attached hydrogens (primary N) is 2. The average Bonchev–Trinajstić information content (AvgIpc) is 3.22.